The summed E-state index contributed by atoms with van der Waals surface area (Å²) in [6.45, 7) is 0.434. The highest BCUT2D eigenvalue weighted by atomic mass is 16.5. The second-order valence-corrected chi connectivity index (χ2v) is 4.52. The van der Waals surface area contributed by atoms with Crippen molar-refractivity contribution in [1.29, 1.82) is 0 Å². The molecule has 0 fully saturated rings. The first kappa shape index (κ1) is 13.1. The number of aldehydes is 1. The summed E-state index contributed by atoms with van der Waals surface area (Å²) in [4.78, 5) is 15.1. The van der Waals surface area contributed by atoms with Crippen molar-refractivity contribution in [2.24, 2.45) is 0 Å². The second kappa shape index (κ2) is 6.05. The fourth-order valence-electron chi connectivity index (χ4n) is 2.07. The lowest BCUT2D eigenvalue weighted by Crippen LogP contribution is -1.99. The van der Waals surface area contributed by atoms with Gasteiger partial charge in [0.05, 0.1) is 11.4 Å². The monoisotopic (exact) mass is 278 g/mol. The maximum atomic E-state index is 10.9. The van der Waals surface area contributed by atoms with Gasteiger partial charge in [-0.25, -0.2) is 0 Å². The molecule has 0 radical (unpaired) electrons. The second-order valence-electron chi connectivity index (χ2n) is 4.52. The van der Waals surface area contributed by atoms with Gasteiger partial charge in [-0.2, -0.15) is 0 Å². The van der Waals surface area contributed by atoms with E-state index in [2.05, 4.69) is 4.98 Å². The molecule has 0 saturated carbocycles. The van der Waals surface area contributed by atoms with Gasteiger partial charge in [-0.3, -0.25) is 9.78 Å². The van der Waals surface area contributed by atoms with Gasteiger partial charge >= 0.3 is 0 Å². The van der Waals surface area contributed by atoms with Gasteiger partial charge in [-0.05, 0) is 48.5 Å². The molecule has 0 aliphatic carbocycles. The van der Waals surface area contributed by atoms with E-state index in [0.717, 1.165) is 23.4 Å². The Kier molecular flexibility index (Phi) is 3.78. The van der Waals surface area contributed by atoms with Crippen LogP contribution in [0.2, 0.25) is 0 Å². The average molecular weight is 278 g/mol. The summed E-state index contributed by atoms with van der Waals surface area (Å²) in [6, 6.07) is 16.9. The van der Waals surface area contributed by atoms with Crippen LogP contribution in [0.25, 0.3) is 5.69 Å². The third-order valence-corrected chi connectivity index (χ3v) is 3.13. The Morgan fingerprint density at radius 3 is 2.62 bits per heavy atom. The van der Waals surface area contributed by atoms with Gasteiger partial charge < -0.3 is 9.30 Å². The average Bonchev–Trinajstić information content (AvgIpc) is 3.03. The zero-order valence-electron chi connectivity index (χ0n) is 11.3. The van der Waals surface area contributed by atoms with Gasteiger partial charge in [-0.15, -0.1) is 0 Å². The molecule has 3 rings (SSSR count). The van der Waals surface area contributed by atoms with Gasteiger partial charge in [-0.1, -0.05) is 6.07 Å². The minimum Gasteiger partial charge on any atom is -0.487 e. The molecule has 0 saturated heterocycles. The maximum Gasteiger partial charge on any atom is 0.166 e. The van der Waals surface area contributed by atoms with Crippen LogP contribution in [-0.2, 0) is 6.61 Å². The standard InChI is InChI=1S/C17H14N2O2/c20-12-16-5-3-11-19(16)15-6-8-17(9-7-15)21-13-14-4-1-2-10-18-14/h1-12H,13H2. The molecule has 104 valence electrons. The highest BCUT2D eigenvalue weighted by molar-refractivity contribution is 5.73. The van der Waals surface area contributed by atoms with Crippen LogP contribution in [0.5, 0.6) is 5.75 Å². The Morgan fingerprint density at radius 2 is 1.90 bits per heavy atom. The molecule has 2 aromatic heterocycles. The SMILES string of the molecule is O=Cc1cccn1-c1ccc(OCc2ccccn2)cc1. The van der Waals surface area contributed by atoms with Crippen LogP contribution < -0.4 is 4.74 Å². The van der Waals surface area contributed by atoms with Crippen LogP contribution in [0, 0.1) is 0 Å². The molecule has 1 aromatic carbocycles. The molecular weight excluding hydrogens is 264 g/mol. The van der Waals surface area contributed by atoms with E-state index in [4.69, 9.17) is 4.74 Å². The van der Waals surface area contributed by atoms with Crippen molar-refractivity contribution in [3.8, 4) is 11.4 Å². The topological polar surface area (TPSA) is 44.1 Å². The van der Waals surface area contributed by atoms with E-state index in [1.807, 2.05) is 59.3 Å². The molecule has 4 heteroatoms. The lowest BCUT2D eigenvalue weighted by molar-refractivity contribution is 0.111. The summed E-state index contributed by atoms with van der Waals surface area (Å²) < 4.78 is 7.51. The van der Waals surface area contributed by atoms with E-state index in [9.17, 15) is 4.79 Å². The van der Waals surface area contributed by atoms with Crippen molar-refractivity contribution < 1.29 is 9.53 Å². The lowest BCUT2D eigenvalue weighted by atomic mass is 10.3. The van der Waals surface area contributed by atoms with E-state index < -0.39 is 0 Å². The van der Waals surface area contributed by atoms with Crippen LogP contribution in [0.4, 0.5) is 0 Å². The Morgan fingerprint density at radius 1 is 1.05 bits per heavy atom. The zero-order valence-corrected chi connectivity index (χ0v) is 11.3. The molecule has 0 aliphatic rings. The first-order valence-electron chi connectivity index (χ1n) is 6.62. The summed E-state index contributed by atoms with van der Waals surface area (Å²) in [5.41, 5.74) is 2.43. The number of ether oxygens (including phenoxy) is 1. The van der Waals surface area contributed by atoms with Crippen molar-refractivity contribution in [2.75, 3.05) is 0 Å². The number of rotatable bonds is 5. The van der Waals surface area contributed by atoms with Gasteiger partial charge in [0.1, 0.15) is 12.4 Å². The van der Waals surface area contributed by atoms with Gasteiger partial charge in [0.2, 0.25) is 0 Å². The maximum absolute atomic E-state index is 10.9. The van der Waals surface area contributed by atoms with Crippen LogP contribution >= 0.6 is 0 Å². The molecule has 0 bridgehead atoms. The first-order chi connectivity index (χ1) is 10.4. The fourth-order valence-corrected chi connectivity index (χ4v) is 2.07. The molecule has 0 spiro atoms. The molecule has 4 nitrogen and oxygen atoms in total. The van der Waals surface area contributed by atoms with E-state index in [-0.39, 0.29) is 0 Å². The molecule has 2 heterocycles. The van der Waals surface area contributed by atoms with E-state index in [1.165, 1.54) is 0 Å². The van der Waals surface area contributed by atoms with Crippen LogP contribution in [0.15, 0.2) is 67.0 Å². The molecule has 0 amide bonds. The lowest BCUT2D eigenvalue weighted by Gasteiger charge is -2.08. The van der Waals surface area contributed by atoms with Gasteiger partial charge in [0.15, 0.2) is 6.29 Å². The Hall–Kier alpha value is -2.88. The number of pyridine rings is 1. The Bertz CT molecular complexity index is 718. The first-order valence-corrected chi connectivity index (χ1v) is 6.62. The summed E-state index contributed by atoms with van der Waals surface area (Å²) in [5.74, 6) is 0.768. The molecule has 0 N–H and O–H groups in total. The number of nitrogens with zero attached hydrogens (tertiary/aromatic N) is 2. The molecule has 0 atom stereocenters. The van der Waals surface area contributed by atoms with Crippen LogP contribution in [0.1, 0.15) is 16.2 Å². The smallest absolute Gasteiger partial charge is 0.166 e. The third kappa shape index (κ3) is 3.00. The van der Waals surface area contributed by atoms with Crippen LogP contribution in [0.3, 0.4) is 0 Å². The largest absolute Gasteiger partial charge is 0.487 e. The van der Waals surface area contributed by atoms with E-state index in [0.29, 0.717) is 12.3 Å². The van der Waals surface area contributed by atoms with Crippen molar-refractivity contribution in [3.05, 3.63) is 78.4 Å². The molecule has 21 heavy (non-hydrogen) atoms. The molecule has 0 aliphatic heterocycles. The van der Waals surface area contributed by atoms with Gasteiger partial charge in [0.25, 0.3) is 0 Å². The highest BCUT2D eigenvalue weighted by Crippen LogP contribution is 2.17. The predicted octanol–water partition coefficient (Wildman–Crippen LogP) is 3.26. The van der Waals surface area contributed by atoms with E-state index in [1.54, 1.807) is 12.3 Å². The van der Waals surface area contributed by atoms with Crippen molar-refractivity contribution in [1.82, 2.24) is 9.55 Å². The Balaban J connectivity index is 1.71. The molecular formula is C17H14N2O2. The van der Waals surface area contributed by atoms with Crippen molar-refractivity contribution in [2.45, 2.75) is 6.61 Å². The summed E-state index contributed by atoms with van der Waals surface area (Å²) in [6.07, 6.45) is 4.44. The molecule has 0 unspecified atom stereocenters. The fraction of sp³-hybridized carbons (Fsp3) is 0.0588. The third-order valence-electron chi connectivity index (χ3n) is 3.13. The number of carbonyl (C=O) groups is 1. The summed E-state index contributed by atoms with van der Waals surface area (Å²) in [5, 5.41) is 0. The number of benzene rings is 1. The molecule has 3 aromatic rings. The number of aromatic nitrogens is 2. The van der Waals surface area contributed by atoms with Crippen LogP contribution in [-0.4, -0.2) is 15.8 Å². The normalized spacial score (nSPS) is 10.3. The minimum atomic E-state index is 0.434. The quantitative estimate of drug-likeness (QED) is 0.673. The highest BCUT2D eigenvalue weighted by Gasteiger charge is 2.02. The Labute approximate surface area is 122 Å². The van der Waals surface area contributed by atoms with Crippen molar-refractivity contribution in [3.63, 3.8) is 0 Å². The number of hydrogen-bond donors (Lipinski definition) is 0. The summed E-state index contributed by atoms with van der Waals surface area (Å²) in [7, 11) is 0. The number of carbonyl (C=O) groups excluding carboxylic acids is 1. The minimum absolute atomic E-state index is 0.434. The predicted molar refractivity (Wildman–Crippen MR) is 79.7 cm³/mol. The number of hydrogen-bond acceptors (Lipinski definition) is 3. The summed E-state index contributed by atoms with van der Waals surface area (Å²) >= 11 is 0. The zero-order chi connectivity index (χ0) is 14.5. The van der Waals surface area contributed by atoms with Gasteiger partial charge in [0, 0.05) is 18.1 Å². The van der Waals surface area contributed by atoms with E-state index >= 15 is 0 Å². The van der Waals surface area contributed by atoms with Crippen molar-refractivity contribution >= 4 is 6.29 Å².